The van der Waals surface area contributed by atoms with E-state index in [2.05, 4.69) is 0 Å². The Bertz CT molecular complexity index is 734. The Kier molecular flexibility index (Phi) is 3.41. The van der Waals surface area contributed by atoms with Crippen molar-refractivity contribution in [1.29, 1.82) is 0 Å². The molecule has 0 aliphatic carbocycles. The highest BCUT2D eigenvalue weighted by Crippen LogP contribution is 2.45. The van der Waals surface area contributed by atoms with E-state index < -0.39 is 6.10 Å². The molecule has 0 aromatic heterocycles. The van der Waals surface area contributed by atoms with Crippen molar-refractivity contribution in [1.82, 2.24) is 0 Å². The van der Waals surface area contributed by atoms with Crippen LogP contribution in [0.4, 0.5) is 0 Å². The zero-order valence-electron chi connectivity index (χ0n) is 12.3. The number of benzene rings is 2. The quantitative estimate of drug-likeness (QED) is 0.891. The minimum atomic E-state index is -0.453. The van der Waals surface area contributed by atoms with Crippen molar-refractivity contribution < 1.29 is 24.5 Å². The van der Waals surface area contributed by atoms with Crippen LogP contribution in [0.25, 0.3) is 0 Å². The van der Waals surface area contributed by atoms with Crippen LogP contribution in [0, 0.1) is 6.92 Å². The molecule has 1 atom stereocenters. The van der Waals surface area contributed by atoms with E-state index in [4.69, 9.17) is 9.47 Å². The normalized spacial score (nSPS) is 16.8. The molecule has 0 saturated heterocycles. The molecule has 1 heterocycles. The second-order valence-corrected chi connectivity index (χ2v) is 5.25. The minimum absolute atomic E-state index is 0.133. The van der Waals surface area contributed by atoms with E-state index in [-0.39, 0.29) is 29.3 Å². The summed E-state index contributed by atoms with van der Waals surface area (Å²) in [5.41, 5.74) is 1.67. The first-order valence-electron chi connectivity index (χ1n) is 6.90. The van der Waals surface area contributed by atoms with Crippen LogP contribution >= 0.6 is 0 Å². The molecule has 3 rings (SSSR count). The van der Waals surface area contributed by atoms with Crippen molar-refractivity contribution in [2.24, 2.45) is 0 Å². The topological polar surface area (TPSA) is 76.0 Å². The monoisotopic (exact) mass is 300 g/mol. The third kappa shape index (κ3) is 2.24. The van der Waals surface area contributed by atoms with Crippen LogP contribution < -0.4 is 9.47 Å². The zero-order chi connectivity index (χ0) is 15.9. The molecule has 0 fully saturated rings. The lowest BCUT2D eigenvalue weighted by atomic mass is 9.93. The van der Waals surface area contributed by atoms with E-state index in [1.54, 1.807) is 31.2 Å². The summed E-state index contributed by atoms with van der Waals surface area (Å²) in [4.78, 5) is 12.4. The average molecular weight is 300 g/mol. The van der Waals surface area contributed by atoms with Crippen LogP contribution in [-0.4, -0.2) is 23.1 Å². The van der Waals surface area contributed by atoms with Gasteiger partial charge in [0.2, 0.25) is 0 Å². The molecule has 22 heavy (non-hydrogen) atoms. The summed E-state index contributed by atoms with van der Waals surface area (Å²) in [5.74, 6) is 0.664. The lowest BCUT2D eigenvalue weighted by Crippen LogP contribution is -2.21. The number of carbonyl (C=O) groups is 1. The molecule has 1 aliphatic rings. The van der Waals surface area contributed by atoms with Gasteiger partial charge in [0.25, 0.3) is 0 Å². The van der Waals surface area contributed by atoms with Crippen LogP contribution in [0.3, 0.4) is 0 Å². The Morgan fingerprint density at radius 1 is 1.23 bits per heavy atom. The van der Waals surface area contributed by atoms with Gasteiger partial charge in [0, 0.05) is 11.6 Å². The Morgan fingerprint density at radius 2 is 1.91 bits per heavy atom. The van der Waals surface area contributed by atoms with Crippen LogP contribution in [0.15, 0.2) is 30.3 Å². The number of hydrogen-bond donors (Lipinski definition) is 2. The molecule has 0 radical (unpaired) electrons. The van der Waals surface area contributed by atoms with Crippen molar-refractivity contribution in [3.63, 3.8) is 0 Å². The first-order valence-corrected chi connectivity index (χ1v) is 6.90. The molecule has 0 unspecified atom stereocenters. The van der Waals surface area contributed by atoms with Crippen molar-refractivity contribution >= 4 is 5.78 Å². The number of hydrogen-bond acceptors (Lipinski definition) is 5. The zero-order valence-corrected chi connectivity index (χ0v) is 12.3. The molecule has 0 amide bonds. The largest absolute Gasteiger partial charge is 0.508 e. The molecule has 0 spiro atoms. The molecule has 2 aromatic rings. The molecule has 2 N–H and O–H groups in total. The van der Waals surface area contributed by atoms with Gasteiger partial charge in [-0.2, -0.15) is 0 Å². The van der Waals surface area contributed by atoms with Gasteiger partial charge in [0.1, 0.15) is 34.7 Å². The van der Waals surface area contributed by atoms with Gasteiger partial charge in [0.15, 0.2) is 5.78 Å². The predicted octanol–water partition coefficient (Wildman–Crippen LogP) is 3.12. The number of aromatic hydroxyl groups is 2. The second kappa shape index (κ2) is 5.26. The number of ketones is 1. The fourth-order valence-electron chi connectivity index (χ4n) is 2.68. The van der Waals surface area contributed by atoms with Gasteiger partial charge in [-0.05, 0) is 24.6 Å². The first kappa shape index (κ1) is 14.3. The lowest BCUT2D eigenvalue weighted by molar-refractivity contribution is 0.0843. The molecule has 2 aromatic carbocycles. The average Bonchev–Trinajstić information content (AvgIpc) is 2.50. The molecular weight excluding hydrogens is 284 g/mol. The highest BCUT2D eigenvalue weighted by atomic mass is 16.5. The highest BCUT2D eigenvalue weighted by Gasteiger charge is 2.32. The van der Waals surface area contributed by atoms with E-state index >= 15 is 0 Å². The van der Waals surface area contributed by atoms with Crippen molar-refractivity contribution in [3.8, 4) is 23.0 Å². The van der Waals surface area contributed by atoms with Gasteiger partial charge < -0.3 is 19.7 Å². The maximum atomic E-state index is 12.4. The lowest BCUT2D eigenvalue weighted by Gasteiger charge is -2.28. The smallest absolute Gasteiger partial charge is 0.174 e. The summed E-state index contributed by atoms with van der Waals surface area (Å²) in [6.07, 6.45) is -0.317. The van der Waals surface area contributed by atoms with Gasteiger partial charge in [-0.25, -0.2) is 0 Å². The number of rotatable bonds is 2. The van der Waals surface area contributed by atoms with E-state index in [0.717, 1.165) is 5.56 Å². The molecule has 1 aliphatic heterocycles. The second-order valence-electron chi connectivity index (χ2n) is 5.25. The van der Waals surface area contributed by atoms with Gasteiger partial charge in [-0.1, -0.05) is 12.1 Å². The number of ether oxygens (including phenoxy) is 2. The number of fused-ring (bicyclic) bond motifs is 1. The van der Waals surface area contributed by atoms with E-state index in [1.807, 2.05) is 0 Å². The third-order valence-electron chi connectivity index (χ3n) is 3.86. The van der Waals surface area contributed by atoms with Gasteiger partial charge in [-0.3, -0.25) is 4.79 Å². The number of phenols is 2. The Balaban J connectivity index is 2.06. The van der Waals surface area contributed by atoms with E-state index in [9.17, 15) is 15.0 Å². The van der Waals surface area contributed by atoms with Crippen molar-refractivity contribution in [2.45, 2.75) is 19.4 Å². The fourth-order valence-corrected chi connectivity index (χ4v) is 2.68. The van der Waals surface area contributed by atoms with Gasteiger partial charge in [-0.15, -0.1) is 0 Å². The molecule has 5 heteroatoms. The summed E-state index contributed by atoms with van der Waals surface area (Å²) in [5, 5.41) is 19.4. The fraction of sp³-hybridized carbons (Fsp3) is 0.235. The molecule has 114 valence electrons. The van der Waals surface area contributed by atoms with Crippen LogP contribution in [0.2, 0.25) is 0 Å². The van der Waals surface area contributed by atoms with Gasteiger partial charge >= 0.3 is 0 Å². The predicted molar refractivity (Wildman–Crippen MR) is 79.8 cm³/mol. The van der Waals surface area contributed by atoms with Crippen LogP contribution in [0.5, 0.6) is 23.0 Å². The first-order chi connectivity index (χ1) is 10.5. The summed E-state index contributed by atoms with van der Waals surface area (Å²) in [6, 6.07) is 7.96. The van der Waals surface area contributed by atoms with E-state index in [1.165, 1.54) is 13.2 Å². The summed E-state index contributed by atoms with van der Waals surface area (Å²) < 4.78 is 11.1. The maximum absolute atomic E-state index is 12.4. The number of carbonyl (C=O) groups excluding carboxylic acids is 1. The molecular formula is C17H16O5. The Labute approximate surface area is 127 Å². The van der Waals surface area contributed by atoms with Crippen molar-refractivity contribution in [3.05, 3.63) is 47.0 Å². The van der Waals surface area contributed by atoms with Crippen molar-refractivity contribution in [2.75, 3.05) is 7.11 Å². The maximum Gasteiger partial charge on any atom is 0.174 e. The standard InChI is InChI=1S/C17H16O5/c1-9-14(21-2)7-12(19)16-13(20)8-15(22-17(9)16)10-3-5-11(18)6-4-10/h3-7,15,18-19H,8H2,1-2H3/t15-/m0/s1. The summed E-state index contributed by atoms with van der Waals surface area (Å²) in [6.45, 7) is 1.78. The summed E-state index contributed by atoms with van der Waals surface area (Å²) in [7, 11) is 1.50. The summed E-state index contributed by atoms with van der Waals surface area (Å²) >= 11 is 0. The highest BCUT2D eigenvalue weighted by molar-refractivity contribution is 6.03. The Hall–Kier alpha value is -2.69. The Morgan fingerprint density at radius 3 is 2.55 bits per heavy atom. The van der Waals surface area contributed by atoms with Crippen LogP contribution in [-0.2, 0) is 0 Å². The molecule has 0 bridgehead atoms. The molecule has 5 nitrogen and oxygen atoms in total. The number of methoxy groups -OCH3 is 1. The third-order valence-corrected chi connectivity index (χ3v) is 3.86. The molecule has 0 saturated carbocycles. The number of phenolic OH excluding ortho intramolecular Hbond substituents is 2. The van der Waals surface area contributed by atoms with Gasteiger partial charge in [0.05, 0.1) is 13.5 Å². The minimum Gasteiger partial charge on any atom is -0.508 e. The van der Waals surface area contributed by atoms with E-state index in [0.29, 0.717) is 17.1 Å². The van der Waals surface area contributed by atoms with Crippen LogP contribution in [0.1, 0.15) is 34.0 Å². The number of Topliss-reactive ketones (excluding diaryl/α,β-unsaturated/α-hetero) is 1. The SMILES string of the molecule is COc1cc(O)c2c(c1C)O[C@H](c1ccc(O)cc1)CC2=O.